The summed E-state index contributed by atoms with van der Waals surface area (Å²) < 4.78 is 4.62. The summed E-state index contributed by atoms with van der Waals surface area (Å²) in [5, 5.41) is 8.30. The normalized spacial score (nSPS) is 11.0. The van der Waals surface area contributed by atoms with Gasteiger partial charge in [0.15, 0.2) is 0 Å². The molecule has 0 aromatic heterocycles. The maximum absolute atomic E-state index is 10.8. The number of ether oxygens (including phenoxy) is 1. The van der Waals surface area contributed by atoms with E-state index in [1.807, 2.05) is 0 Å². The van der Waals surface area contributed by atoms with E-state index in [0.29, 0.717) is 12.2 Å². The maximum atomic E-state index is 10.8. The second kappa shape index (κ2) is 5.35. The van der Waals surface area contributed by atoms with Crippen LogP contribution in [0.1, 0.15) is 20.3 Å². The second-order valence-corrected chi connectivity index (χ2v) is 2.31. The SMILES string of the molecule is CCOC(=O)CC(C)=CC(=O)O. The first kappa shape index (κ1) is 10.7. The molecular weight excluding hydrogens is 160 g/mol. The summed E-state index contributed by atoms with van der Waals surface area (Å²) in [7, 11) is 0. The largest absolute Gasteiger partial charge is 0.478 e. The molecule has 0 aliphatic rings. The fourth-order valence-electron chi connectivity index (χ4n) is 0.702. The number of aliphatic carboxylic acids is 1. The van der Waals surface area contributed by atoms with E-state index in [4.69, 9.17) is 5.11 Å². The molecule has 0 atom stereocenters. The first-order chi connectivity index (χ1) is 5.56. The molecule has 4 heteroatoms. The topological polar surface area (TPSA) is 63.6 Å². The van der Waals surface area contributed by atoms with Crippen LogP contribution < -0.4 is 0 Å². The molecule has 0 radical (unpaired) electrons. The summed E-state index contributed by atoms with van der Waals surface area (Å²) in [5.74, 6) is -1.44. The molecule has 0 heterocycles. The lowest BCUT2D eigenvalue weighted by Gasteiger charge is -2.00. The molecule has 0 fully saturated rings. The van der Waals surface area contributed by atoms with Crippen molar-refractivity contribution < 1.29 is 19.4 Å². The van der Waals surface area contributed by atoms with Crippen LogP contribution in [-0.4, -0.2) is 23.7 Å². The highest BCUT2D eigenvalue weighted by Crippen LogP contribution is 2.00. The number of rotatable bonds is 4. The fourth-order valence-corrected chi connectivity index (χ4v) is 0.702. The minimum atomic E-state index is -1.04. The van der Waals surface area contributed by atoms with Crippen molar-refractivity contribution in [2.45, 2.75) is 20.3 Å². The minimum Gasteiger partial charge on any atom is -0.478 e. The number of carboxylic acid groups (broad SMARTS) is 1. The van der Waals surface area contributed by atoms with Gasteiger partial charge >= 0.3 is 11.9 Å². The van der Waals surface area contributed by atoms with Gasteiger partial charge in [0.25, 0.3) is 0 Å². The van der Waals surface area contributed by atoms with Gasteiger partial charge in [0.05, 0.1) is 13.0 Å². The third kappa shape index (κ3) is 5.46. The third-order valence-electron chi connectivity index (χ3n) is 1.10. The van der Waals surface area contributed by atoms with Crippen LogP contribution in [0.3, 0.4) is 0 Å². The lowest BCUT2D eigenvalue weighted by atomic mass is 10.2. The van der Waals surface area contributed by atoms with Gasteiger partial charge in [-0.05, 0) is 13.8 Å². The lowest BCUT2D eigenvalue weighted by molar-refractivity contribution is -0.142. The Morgan fingerprint density at radius 3 is 2.50 bits per heavy atom. The van der Waals surface area contributed by atoms with Crippen molar-refractivity contribution in [2.75, 3.05) is 6.61 Å². The summed E-state index contributed by atoms with van der Waals surface area (Å²) in [6.45, 7) is 3.60. The number of carboxylic acids is 1. The second-order valence-electron chi connectivity index (χ2n) is 2.31. The molecule has 0 bridgehead atoms. The van der Waals surface area contributed by atoms with Crippen LogP contribution in [0.4, 0.5) is 0 Å². The predicted octanol–water partition coefficient (Wildman–Crippen LogP) is 0.970. The molecule has 0 amide bonds. The zero-order valence-electron chi connectivity index (χ0n) is 7.16. The van der Waals surface area contributed by atoms with Gasteiger partial charge in [-0.15, -0.1) is 0 Å². The van der Waals surface area contributed by atoms with E-state index >= 15 is 0 Å². The zero-order valence-corrected chi connectivity index (χ0v) is 7.16. The molecule has 0 aromatic carbocycles. The van der Waals surface area contributed by atoms with Crippen molar-refractivity contribution in [1.82, 2.24) is 0 Å². The average molecular weight is 172 g/mol. The van der Waals surface area contributed by atoms with Crippen molar-refractivity contribution >= 4 is 11.9 Å². The zero-order chi connectivity index (χ0) is 9.56. The van der Waals surface area contributed by atoms with Crippen LogP contribution in [0.5, 0.6) is 0 Å². The van der Waals surface area contributed by atoms with Gasteiger partial charge in [-0.25, -0.2) is 4.79 Å². The molecule has 0 rings (SSSR count). The number of carbonyl (C=O) groups is 2. The Bertz CT molecular complexity index is 205. The smallest absolute Gasteiger partial charge is 0.328 e. The highest BCUT2D eigenvalue weighted by molar-refractivity contribution is 5.82. The van der Waals surface area contributed by atoms with Crippen LogP contribution >= 0.6 is 0 Å². The maximum Gasteiger partial charge on any atom is 0.328 e. The van der Waals surface area contributed by atoms with Crippen molar-refractivity contribution in [2.24, 2.45) is 0 Å². The van der Waals surface area contributed by atoms with E-state index < -0.39 is 11.9 Å². The highest BCUT2D eigenvalue weighted by atomic mass is 16.5. The van der Waals surface area contributed by atoms with Crippen molar-refractivity contribution in [3.05, 3.63) is 11.6 Å². The quantitative estimate of drug-likeness (QED) is 0.507. The van der Waals surface area contributed by atoms with Crippen LogP contribution in [0.15, 0.2) is 11.6 Å². The molecule has 4 nitrogen and oxygen atoms in total. The van der Waals surface area contributed by atoms with Crippen molar-refractivity contribution in [1.29, 1.82) is 0 Å². The Hall–Kier alpha value is -1.32. The lowest BCUT2D eigenvalue weighted by Crippen LogP contribution is -2.04. The number of hydrogen-bond donors (Lipinski definition) is 1. The van der Waals surface area contributed by atoms with E-state index in [1.54, 1.807) is 13.8 Å². The van der Waals surface area contributed by atoms with Crippen LogP contribution in [0.25, 0.3) is 0 Å². The van der Waals surface area contributed by atoms with Gasteiger partial charge in [-0.2, -0.15) is 0 Å². The van der Waals surface area contributed by atoms with Gasteiger partial charge < -0.3 is 9.84 Å². The van der Waals surface area contributed by atoms with Gasteiger partial charge in [-0.1, -0.05) is 5.57 Å². The molecule has 0 spiro atoms. The molecule has 0 saturated carbocycles. The molecule has 0 unspecified atom stereocenters. The average Bonchev–Trinajstić information content (AvgIpc) is 1.84. The molecule has 0 aromatic rings. The Labute approximate surface area is 70.8 Å². The Balaban J connectivity index is 3.91. The van der Waals surface area contributed by atoms with E-state index in [1.165, 1.54) is 0 Å². The standard InChI is InChI=1S/C8H12O4/c1-3-12-8(11)5-6(2)4-7(9)10/h4H,3,5H2,1-2H3,(H,9,10). The third-order valence-corrected chi connectivity index (χ3v) is 1.10. The minimum absolute atomic E-state index is 0.0418. The number of esters is 1. The molecule has 68 valence electrons. The summed E-state index contributed by atoms with van der Waals surface area (Å²) in [6, 6.07) is 0. The number of carbonyl (C=O) groups excluding carboxylic acids is 1. The molecular formula is C8H12O4. The van der Waals surface area contributed by atoms with E-state index in [0.717, 1.165) is 6.08 Å². The van der Waals surface area contributed by atoms with Crippen molar-refractivity contribution in [3.63, 3.8) is 0 Å². The first-order valence-electron chi connectivity index (χ1n) is 3.62. The first-order valence-corrected chi connectivity index (χ1v) is 3.62. The van der Waals surface area contributed by atoms with Gasteiger partial charge in [0.1, 0.15) is 0 Å². The predicted molar refractivity (Wildman–Crippen MR) is 42.6 cm³/mol. The summed E-state index contributed by atoms with van der Waals surface area (Å²) >= 11 is 0. The molecule has 0 aliphatic heterocycles. The Kier molecular flexibility index (Phi) is 4.76. The molecule has 0 aliphatic carbocycles. The van der Waals surface area contributed by atoms with Crippen LogP contribution in [-0.2, 0) is 14.3 Å². The van der Waals surface area contributed by atoms with Crippen LogP contribution in [0, 0.1) is 0 Å². The van der Waals surface area contributed by atoms with E-state index in [-0.39, 0.29) is 6.42 Å². The summed E-state index contributed by atoms with van der Waals surface area (Å²) in [4.78, 5) is 20.9. The fraction of sp³-hybridized carbons (Fsp3) is 0.500. The Morgan fingerprint density at radius 2 is 2.08 bits per heavy atom. The summed E-state index contributed by atoms with van der Waals surface area (Å²) in [6.07, 6.45) is 1.04. The van der Waals surface area contributed by atoms with Crippen LogP contribution in [0.2, 0.25) is 0 Å². The molecule has 12 heavy (non-hydrogen) atoms. The molecule has 1 N–H and O–H groups in total. The van der Waals surface area contributed by atoms with E-state index in [2.05, 4.69) is 4.74 Å². The van der Waals surface area contributed by atoms with Gasteiger partial charge in [0.2, 0.25) is 0 Å². The van der Waals surface area contributed by atoms with E-state index in [9.17, 15) is 9.59 Å². The van der Waals surface area contributed by atoms with Crippen molar-refractivity contribution in [3.8, 4) is 0 Å². The van der Waals surface area contributed by atoms with Gasteiger partial charge in [-0.3, -0.25) is 4.79 Å². The molecule has 0 saturated heterocycles. The van der Waals surface area contributed by atoms with Gasteiger partial charge in [0, 0.05) is 6.08 Å². The Morgan fingerprint density at radius 1 is 1.50 bits per heavy atom. The number of hydrogen-bond acceptors (Lipinski definition) is 3. The summed E-state index contributed by atoms with van der Waals surface area (Å²) in [5.41, 5.74) is 0.487. The monoisotopic (exact) mass is 172 g/mol. The highest BCUT2D eigenvalue weighted by Gasteiger charge is 2.03.